The first-order chi connectivity index (χ1) is 8.17. The highest BCUT2D eigenvalue weighted by Crippen LogP contribution is 2.14. The molecule has 2 N–H and O–H groups in total. The van der Waals surface area contributed by atoms with E-state index in [4.69, 9.17) is 5.73 Å². The summed E-state index contributed by atoms with van der Waals surface area (Å²) in [6.45, 7) is 0. The second kappa shape index (κ2) is 5.46. The molecule has 6 heteroatoms. The molecular weight excluding hydrogens is 300 g/mol. The number of anilines is 1. The molecule has 0 radical (unpaired) electrons. The van der Waals surface area contributed by atoms with E-state index in [1.807, 2.05) is 30.5 Å². The van der Waals surface area contributed by atoms with Crippen LogP contribution in [0.1, 0.15) is 11.4 Å². The number of hydrogen-bond acceptors (Lipinski definition) is 5. The Hall–Kier alpha value is -1.14. The highest BCUT2D eigenvalue weighted by molar-refractivity contribution is 9.10. The van der Waals surface area contributed by atoms with E-state index in [2.05, 4.69) is 30.9 Å². The molecule has 2 rings (SSSR count). The highest BCUT2D eigenvalue weighted by atomic mass is 79.9. The number of nitrogens with two attached hydrogens (primary N) is 1. The Bertz CT molecular complexity index is 515. The van der Waals surface area contributed by atoms with Gasteiger partial charge in [0.15, 0.2) is 5.16 Å². The number of benzene rings is 1. The smallest absolute Gasteiger partial charge is 0.224 e. The molecular formula is C11H11BrN4S. The second-order valence-corrected chi connectivity index (χ2v) is 5.09. The maximum atomic E-state index is 5.63. The van der Waals surface area contributed by atoms with E-state index >= 15 is 0 Å². The molecule has 88 valence electrons. The Morgan fingerprint density at radius 2 is 1.88 bits per heavy atom. The summed E-state index contributed by atoms with van der Waals surface area (Å²) in [4.78, 5) is 12.5. The molecule has 1 heterocycles. The summed E-state index contributed by atoms with van der Waals surface area (Å²) >= 11 is 4.86. The zero-order valence-corrected chi connectivity index (χ0v) is 11.6. The molecule has 1 aromatic heterocycles. The van der Waals surface area contributed by atoms with E-state index in [0.717, 1.165) is 10.0 Å². The Labute approximate surface area is 112 Å². The van der Waals surface area contributed by atoms with Gasteiger partial charge in [-0.3, -0.25) is 0 Å². The van der Waals surface area contributed by atoms with E-state index in [9.17, 15) is 0 Å². The molecule has 0 spiro atoms. The summed E-state index contributed by atoms with van der Waals surface area (Å²) < 4.78 is 1.06. The van der Waals surface area contributed by atoms with E-state index < -0.39 is 0 Å². The SMILES string of the molecule is CSc1nc(N)nc(Cc2ccc(Br)cc2)n1. The third-order valence-corrected chi connectivity index (χ3v) is 3.21. The van der Waals surface area contributed by atoms with Crippen molar-refractivity contribution >= 4 is 33.6 Å². The molecule has 0 aliphatic carbocycles. The molecule has 0 aliphatic heterocycles. The largest absolute Gasteiger partial charge is 0.368 e. The van der Waals surface area contributed by atoms with Crippen LogP contribution in [-0.2, 0) is 6.42 Å². The Balaban J connectivity index is 2.23. The van der Waals surface area contributed by atoms with Crippen LogP contribution in [0.2, 0.25) is 0 Å². The summed E-state index contributed by atoms with van der Waals surface area (Å²) in [5, 5.41) is 0.657. The lowest BCUT2D eigenvalue weighted by Gasteiger charge is -2.03. The van der Waals surface area contributed by atoms with Gasteiger partial charge in [0.2, 0.25) is 5.95 Å². The molecule has 1 aromatic carbocycles. The van der Waals surface area contributed by atoms with Crippen molar-refractivity contribution in [2.24, 2.45) is 0 Å². The van der Waals surface area contributed by atoms with Crippen molar-refractivity contribution in [3.8, 4) is 0 Å². The van der Waals surface area contributed by atoms with E-state index in [1.165, 1.54) is 11.8 Å². The fourth-order valence-electron chi connectivity index (χ4n) is 1.37. The van der Waals surface area contributed by atoms with Crippen molar-refractivity contribution in [2.75, 3.05) is 12.0 Å². The van der Waals surface area contributed by atoms with Crippen LogP contribution in [0.25, 0.3) is 0 Å². The van der Waals surface area contributed by atoms with E-state index in [-0.39, 0.29) is 5.95 Å². The molecule has 0 unspecified atom stereocenters. The average molecular weight is 311 g/mol. The van der Waals surface area contributed by atoms with Crippen LogP contribution >= 0.6 is 27.7 Å². The monoisotopic (exact) mass is 310 g/mol. The van der Waals surface area contributed by atoms with Gasteiger partial charge < -0.3 is 5.73 Å². The first-order valence-electron chi connectivity index (χ1n) is 4.96. The van der Waals surface area contributed by atoms with Crippen LogP contribution in [0.15, 0.2) is 33.9 Å². The quantitative estimate of drug-likeness (QED) is 0.883. The minimum Gasteiger partial charge on any atom is -0.368 e. The molecule has 2 aromatic rings. The Morgan fingerprint density at radius 3 is 2.53 bits per heavy atom. The lowest BCUT2D eigenvalue weighted by atomic mass is 10.1. The molecule has 17 heavy (non-hydrogen) atoms. The first-order valence-corrected chi connectivity index (χ1v) is 6.98. The molecule has 0 saturated heterocycles. The third kappa shape index (κ3) is 3.41. The number of thioether (sulfide) groups is 1. The van der Waals surface area contributed by atoms with Crippen molar-refractivity contribution < 1.29 is 0 Å². The van der Waals surface area contributed by atoms with Crippen LogP contribution in [0, 0.1) is 0 Å². The minimum absolute atomic E-state index is 0.275. The third-order valence-electron chi connectivity index (χ3n) is 2.14. The van der Waals surface area contributed by atoms with Gasteiger partial charge in [0, 0.05) is 10.9 Å². The van der Waals surface area contributed by atoms with Crippen molar-refractivity contribution in [1.82, 2.24) is 15.0 Å². The van der Waals surface area contributed by atoms with Crippen LogP contribution < -0.4 is 5.73 Å². The number of nitrogen functional groups attached to an aromatic ring is 1. The lowest BCUT2D eigenvalue weighted by molar-refractivity contribution is 0.839. The predicted molar refractivity (Wildman–Crippen MR) is 73.0 cm³/mol. The highest BCUT2D eigenvalue weighted by Gasteiger charge is 2.04. The van der Waals surface area contributed by atoms with Gasteiger partial charge in [0.25, 0.3) is 0 Å². The van der Waals surface area contributed by atoms with Crippen LogP contribution in [0.4, 0.5) is 5.95 Å². The molecule has 4 nitrogen and oxygen atoms in total. The summed E-state index contributed by atoms with van der Waals surface area (Å²) in [5.41, 5.74) is 6.77. The topological polar surface area (TPSA) is 64.7 Å². The Kier molecular flexibility index (Phi) is 3.96. The maximum absolute atomic E-state index is 5.63. The van der Waals surface area contributed by atoms with Gasteiger partial charge in [0.1, 0.15) is 5.82 Å². The summed E-state index contributed by atoms with van der Waals surface area (Å²) in [6.07, 6.45) is 2.58. The molecule has 0 aliphatic rings. The molecule has 0 fully saturated rings. The van der Waals surface area contributed by atoms with Crippen LogP contribution in [0.5, 0.6) is 0 Å². The summed E-state index contributed by atoms with van der Waals surface area (Å²) in [6, 6.07) is 8.05. The first kappa shape index (κ1) is 12.3. The van der Waals surface area contributed by atoms with Crippen molar-refractivity contribution in [1.29, 1.82) is 0 Å². The lowest BCUT2D eigenvalue weighted by Crippen LogP contribution is -2.04. The maximum Gasteiger partial charge on any atom is 0.224 e. The van der Waals surface area contributed by atoms with Gasteiger partial charge in [-0.1, -0.05) is 39.8 Å². The van der Waals surface area contributed by atoms with Gasteiger partial charge >= 0.3 is 0 Å². The number of halogens is 1. The Morgan fingerprint density at radius 1 is 1.18 bits per heavy atom. The van der Waals surface area contributed by atoms with E-state index in [1.54, 1.807) is 0 Å². The van der Waals surface area contributed by atoms with E-state index in [0.29, 0.717) is 17.4 Å². The van der Waals surface area contributed by atoms with Crippen LogP contribution in [-0.4, -0.2) is 21.2 Å². The normalized spacial score (nSPS) is 10.5. The second-order valence-electron chi connectivity index (χ2n) is 3.40. The molecule has 0 amide bonds. The number of aromatic nitrogens is 3. The fourth-order valence-corrected chi connectivity index (χ4v) is 2.02. The van der Waals surface area contributed by atoms with Crippen LogP contribution in [0.3, 0.4) is 0 Å². The fraction of sp³-hybridized carbons (Fsp3) is 0.182. The van der Waals surface area contributed by atoms with Gasteiger partial charge in [-0.25, -0.2) is 4.98 Å². The molecule has 0 bridgehead atoms. The van der Waals surface area contributed by atoms with Gasteiger partial charge in [-0.15, -0.1) is 0 Å². The summed E-state index contributed by atoms with van der Waals surface area (Å²) in [7, 11) is 0. The predicted octanol–water partition coefficient (Wildman–Crippen LogP) is 2.53. The number of nitrogens with zero attached hydrogens (tertiary/aromatic N) is 3. The van der Waals surface area contributed by atoms with Crippen molar-refractivity contribution in [2.45, 2.75) is 11.6 Å². The minimum atomic E-state index is 0.275. The van der Waals surface area contributed by atoms with Gasteiger partial charge in [-0.05, 0) is 24.0 Å². The zero-order chi connectivity index (χ0) is 12.3. The number of hydrogen-bond donors (Lipinski definition) is 1. The molecule has 0 saturated carbocycles. The summed E-state index contributed by atoms with van der Waals surface area (Å²) in [5.74, 6) is 0.973. The number of rotatable bonds is 3. The van der Waals surface area contributed by atoms with Crippen molar-refractivity contribution in [3.63, 3.8) is 0 Å². The zero-order valence-electron chi connectivity index (χ0n) is 9.22. The molecule has 0 atom stereocenters. The van der Waals surface area contributed by atoms with Crippen molar-refractivity contribution in [3.05, 3.63) is 40.1 Å². The van der Waals surface area contributed by atoms with Gasteiger partial charge in [-0.2, -0.15) is 9.97 Å². The standard InChI is InChI=1S/C11H11BrN4S/c1-17-11-15-9(14-10(13)16-11)6-7-2-4-8(12)5-3-7/h2-5H,6H2,1H3,(H2,13,14,15,16). The average Bonchev–Trinajstić information content (AvgIpc) is 2.31. The van der Waals surface area contributed by atoms with Gasteiger partial charge in [0.05, 0.1) is 0 Å².